The molecule has 0 spiro atoms. The van der Waals surface area contributed by atoms with E-state index >= 15 is 0 Å². The minimum Gasteiger partial charge on any atom is -0.449 e. The second-order valence-electron chi connectivity index (χ2n) is 5.71. The largest absolute Gasteiger partial charge is 0.449 e. The van der Waals surface area contributed by atoms with E-state index in [9.17, 15) is 14.0 Å². The smallest absolute Gasteiger partial charge is 0.331 e. The van der Waals surface area contributed by atoms with Gasteiger partial charge in [0.15, 0.2) is 6.10 Å². The van der Waals surface area contributed by atoms with Gasteiger partial charge in [-0.25, -0.2) is 13.9 Å². The molecule has 1 heterocycles. The highest BCUT2D eigenvalue weighted by molar-refractivity contribution is 5.96. The summed E-state index contributed by atoms with van der Waals surface area (Å²) in [5.41, 5.74) is 0.523. The van der Waals surface area contributed by atoms with Gasteiger partial charge in [-0.15, -0.1) is 0 Å². The Bertz CT molecular complexity index is 783. The van der Waals surface area contributed by atoms with E-state index in [0.717, 1.165) is 6.08 Å². The number of carbonyl (C=O) groups is 2. The number of benzene rings is 1. The number of hydrogen-bond donors (Lipinski definition) is 1. The first kappa shape index (κ1) is 18.4. The van der Waals surface area contributed by atoms with Crippen LogP contribution in [-0.2, 0) is 14.3 Å². The van der Waals surface area contributed by atoms with Crippen LogP contribution in [0, 0.1) is 5.82 Å². The van der Waals surface area contributed by atoms with E-state index in [1.54, 1.807) is 23.0 Å². The fourth-order valence-electron chi connectivity index (χ4n) is 2.09. The van der Waals surface area contributed by atoms with Crippen LogP contribution in [0.4, 0.5) is 10.2 Å². The van der Waals surface area contributed by atoms with Gasteiger partial charge in [-0.1, -0.05) is 12.1 Å². The zero-order chi connectivity index (χ0) is 18.4. The lowest BCUT2D eigenvalue weighted by molar-refractivity contribution is -0.148. The number of esters is 1. The molecule has 25 heavy (non-hydrogen) atoms. The van der Waals surface area contributed by atoms with Crippen LogP contribution in [0.1, 0.15) is 32.4 Å². The van der Waals surface area contributed by atoms with E-state index in [2.05, 4.69) is 10.4 Å². The van der Waals surface area contributed by atoms with Crippen molar-refractivity contribution in [3.63, 3.8) is 0 Å². The van der Waals surface area contributed by atoms with E-state index in [1.165, 1.54) is 31.2 Å². The average molecular weight is 345 g/mol. The zero-order valence-electron chi connectivity index (χ0n) is 14.3. The number of nitrogens with one attached hydrogen (secondary N) is 1. The lowest BCUT2D eigenvalue weighted by atomic mass is 10.2. The van der Waals surface area contributed by atoms with Crippen LogP contribution in [0.3, 0.4) is 0 Å². The van der Waals surface area contributed by atoms with E-state index in [0.29, 0.717) is 11.4 Å². The molecule has 132 valence electrons. The average Bonchev–Trinajstić information content (AvgIpc) is 3.01. The van der Waals surface area contributed by atoms with Crippen molar-refractivity contribution in [3.8, 4) is 0 Å². The van der Waals surface area contributed by atoms with E-state index in [4.69, 9.17) is 4.74 Å². The second kappa shape index (κ2) is 8.23. The molecule has 0 fully saturated rings. The first-order valence-corrected chi connectivity index (χ1v) is 7.85. The molecule has 7 heteroatoms. The molecule has 1 aromatic heterocycles. The Morgan fingerprint density at radius 3 is 2.72 bits per heavy atom. The molecule has 0 aliphatic heterocycles. The minimum absolute atomic E-state index is 0.0809. The number of amides is 1. The van der Waals surface area contributed by atoms with Crippen LogP contribution in [-0.4, -0.2) is 27.8 Å². The highest BCUT2D eigenvalue weighted by Crippen LogP contribution is 2.13. The molecule has 1 aromatic carbocycles. The Kier molecular flexibility index (Phi) is 6.05. The minimum atomic E-state index is -0.986. The summed E-state index contributed by atoms with van der Waals surface area (Å²) >= 11 is 0. The summed E-state index contributed by atoms with van der Waals surface area (Å²) in [7, 11) is 0. The van der Waals surface area contributed by atoms with Crippen molar-refractivity contribution in [2.45, 2.75) is 32.9 Å². The molecular formula is C18H20FN3O3. The summed E-state index contributed by atoms with van der Waals surface area (Å²) in [5.74, 6) is -1.03. The lowest BCUT2D eigenvalue weighted by Crippen LogP contribution is -2.30. The highest BCUT2D eigenvalue weighted by Gasteiger charge is 2.18. The summed E-state index contributed by atoms with van der Waals surface area (Å²) in [5, 5.41) is 6.78. The van der Waals surface area contributed by atoms with E-state index < -0.39 is 23.8 Å². The van der Waals surface area contributed by atoms with Crippen molar-refractivity contribution in [1.29, 1.82) is 0 Å². The number of carbonyl (C=O) groups excluding carboxylic acids is 2. The molecule has 0 aliphatic rings. The third-order valence-corrected chi connectivity index (χ3v) is 3.33. The molecule has 1 atom stereocenters. The maximum atomic E-state index is 13.1. The Balaban J connectivity index is 1.92. The standard InChI is InChI=1S/C18H20FN3O3/c1-12(2)22-16(9-10-20-22)21-18(24)13(3)25-17(23)8-7-14-5-4-6-15(19)11-14/h4-13H,1-3H3,(H,21,24)/b8-7+/t13-/m0/s1. The van der Waals surface area contributed by atoms with E-state index in [1.807, 2.05) is 13.8 Å². The van der Waals surface area contributed by atoms with Crippen LogP contribution < -0.4 is 5.32 Å². The zero-order valence-corrected chi connectivity index (χ0v) is 14.3. The van der Waals surface area contributed by atoms with Gasteiger partial charge in [-0.3, -0.25) is 4.79 Å². The van der Waals surface area contributed by atoms with Crippen molar-refractivity contribution < 1.29 is 18.7 Å². The number of ether oxygens (including phenoxy) is 1. The lowest BCUT2D eigenvalue weighted by Gasteiger charge is -2.15. The normalized spacial score (nSPS) is 12.4. The molecule has 0 saturated carbocycles. The Hall–Kier alpha value is -2.96. The molecule has 1 N–H and O–H groups in total. The van der Waals surface area contributed by atoms with Crippen molar-refractivity contribution in [3.05, 3.63) is 54.0 Å². The van der Waals surface area contributed by atoms with Gasteiger partial charge in [0.2, 0.25) is 0 Å². The summed E-state index contributed by atoms with van der Waals surface area (Å²) in [6, 6.07) is 7.52. The molecule has 0 bridgehead atoms. The predicted molar refractivity (Wildman–Crippen MR) is 92.2 cm³/mol. The highest BCUT2D eigenvalue weighted by atomic mass is 19.1. The quantitative estimate of drug-likeness (QED) is 0.645. The molecule has 0 aliphatic carbocycles. The second-order valence-corrected chi connectivity index (χ2v) is 5.71. The fourth-order valence-corrected chi connectivity index (χ4v) is 2.09. The summed E-state index contributed by atoms with van der Waals surface area (Å²) < 4.78 is 19.8. The first-order valence-electron chi connectivity index (χ1n) is 7.85. The topological polar surface area (TPSA) is 73.2 Å². The van der Waals surface area contributed by atoms with Gasteiger partial charge >= 0.3 is 5.97 Å². The molecule has 2 aromatic rings. The molecule has 2 rings (SSSR count). The summed E-state index contributed by atoms with van der Waals surface area (Å²) in [6.07, 6.45) is 3.16. The number of anilines is 1. The SMILES string of the molecule is CC(C)n1nccc1NC(=O)[C@H](C)OC(=O)/C=C/c1cccc(F)c1. The molecule has 6 nitrogen and oxygen atoms in total. The van der Waals surface area contributed by atoms with Crippen molar-refractivity contribution >= 4 is 23.8 Å². The Labute approximate surface area is 145 Å². The number of nitrogens with zero attached hydrogens (tertiary/aromatic N) is 2. The van der Waals surface area contributed by atoms with E-state index in [-0.39, 0.29) is 6.04 Å². The summed E-state index contributed by atoms with van der Waals surface area (Å²) in [4.78, 5) is 23.9. The third-order valence-electron chi connectivity index (χ3n) is 3.33. The van der Waals surface area contributed by atoms with Crippen LogP contribution >= 0.6 is 0 Å². The van der Waals surface area contributed by atoms with Crippen LogP contribution in [0.25, 0.3) is 6.08 Å². The van der Waals surface area contributed by atoms with Crippen molar-refractivity contribution in [2.24, 2.45) is 0 Å². The molecule has 0 saturated heterocycles. The van der Waals surface area contributed by atoms with Crippen LogP contribution in [0.5, 0.6) is 0 Å². The van der Waals surface area contributed by atoms with Gasteiger partial charge in [-0.05, 0) is 44.5 Å². The maximum Gasteiger partial charge on any atom is 0.331 e. The van der Waals surface area contributed by atoms with Crippen molar-refractivity contribution in [2.75, 3.05) is 5.32 Å². The van der Waals surface area contributed by atoms with Gasteiger partial charge in [0.1, 0.15) is 11.6 Å². The number of halogens is 1. The number of rotatable bonds is 6. The number of hydrogen-bond acceptors (Lipinski definition) is 4. The first-order chi connectivity index (χ1) is 11.9. The van der Waals surface area contributed by atoms with Crippen LogP contribution in [0.15, 0.2) is 42.6 Å². The summed E-state index contributed by atoms with van der Waals surface area (Å²) in [6.45, 7) is 5.34. The monoisotopic (exact) mass is 345 g/mol. The molecule has 1 amide bonds. The van der Waals surface area contributed by atoms with Gasteiger partial charge in [0, 0.05) is 18.2 Å². The molecule has 0 unspecified atom stereocenters. The van der Waals surface area contributed by atoms with Gasteiger partial charge in [0.05, 0.1) is 6.20 Å². The van der Waals surface area contributed by atoms with Crippen LogP contribution in [0.2, 0.25) is 0 Å². The van der Waals surface area contributed by atoms with Crippen molar-refractivity contribution in [1.82, 2.24) is 9.78 Å². The fraction of sp³-hybridized carbons (Fsp3) is 0.278. The van der Waals surface area contributed by atoms with Gasteiger partial charge in [-0.2, -0.15) is 5.10 Å². The third kappa shape index (κ3) is 5.27. The van der Waals surface area contributed by atoms with Gasteiger partial charge < -0.3 is 10.1 Å². The number of aromatic nitrogens is 2. The molecule has 0 radical (unpaired) electrons. The Morgan fingerprint density at radius 2 is 2.04 bits per heavy atom. The Morgan fingerprint density at radius 1 is 1.28 bits per heavy atom. The molecular weight excluding hydrogens is 325 g/mol. The predicted octanol–water partition coefficient (Wildman–Crippen LogP) is 3.19. The van der Waals surface area contributed by atoms with Gasteiger partial charge in [0.25, 0.3) is 5.91 Å². The maximum absolute atomic E-state index is 13.1.